The molecule has 1 rings (SSSR count). The predicted molar refractivity (Wildman–Crippen MR) is 69.5 cm³/mol. The number of alkyl halides is 1. The Morgan fingerprint density at radius 2 is 2.13 bits per heavy atom. The number of benzene rings is 1. The fourth-order valence-electron chi connectivity index (χ4n) is 1.04. The van der Waals surface area contributed by atoms with E-state index in [2.05, 4.69) is 37.2 Å². The lowest BCUT2D eigenvalue weighted by atomic mass is 10.2. The molecule has 0 aliphatic heterocycles. The zero-order valence-electron chi connectivity index (χ0n) is 7.90. The zero-order chi connectivity index (χ0) is 11.3. The van der Waals surface area contributed by atoms with Crippen LogP contribution in [0.3, 0.4) is 0 Å². The fraction of sp³-hybridized carbons (Fsp3) is 0.300. The first kappa shape index (κ1) is 13.0. The molecule has 1 amide bonds. The number of rotatable bonds is 4. The molecule has 1 aromatic rings. The van der Waals surface area contributed by atoms with Gasteiger partial charge in [-0.2, -0.15) is 0 Å². The molecule has 0 saturated heterocycles. The van der Waals surface area contributed by atoms with Gasteiger partial charge in [0.25, 0.3) is 5.91 Å². The van der Waals surface area contributed by atoms with Gasteiger partial charge in [-0.15, -0.1) is 11.6 Å². The van der Waals surface area contributed by atoms with Crippen molar-refractivity contribution in [2.24, 2.45) is 0 Å². The third kappa shape index (κ3) is 4.13. The number of carbonyl (C=O) groups excluding carboxylic acids is 1. The second-order valence-electron chi connectivity index (χ2n) is 2.92. The molecule has 0 radical (unpaired) electrons. The molecular weight excluding hydrogens is 345 g/mol. The Balaban J connectivity index is 2.65. The fourth-order valence-corrected chi connectivity index (χ4v) is 2.40. The summed E-state index contributed by atoms with van der Waals surface area (Å²) < 4.78 is 1.71. The average molecular weight is 355 g/mol. The second-order valence-corrected chi connectivity index (χ2v) is 5.07. The highest BCUT2D eigenvalue weighted by atomic mass is 79.9. The molecule has 0 aliphatic rings. The van der Waals surface area contributed by atoms with Crippen molar-refractivity contribution in [3.63, 3.8) is 0 Å². The van der Waals surface area contributed by atoms with E-state index in [1.54, 1.807) is 6.07 Å². The molecule has 1 aromatic carbocycles. The lowest BCUT2D eigenvalue weighted by molar-refractivity contribution is 0.0953. The predicted octanol–water partition coefficient (Wildman–Crippen LogP) is 3.57. The van der Waals surface area contributed by atoms with E-state index in [4.69, 9.17) is 11.6 Å². The summed E-state index contributed by atoms with van der Waals surface area (Å²) in [7, 11) is 0. The van der Waals surface area contributed by atoms with Gasteiger partial charge in [-0.3, -0.25) is 4.79 Å². The molecular formula is C10H10Br2ClNO. The SMILES string of the molecule is O=C(NCCCCl)c1ccc(Br)cc1Br. The Morgan fingerprint density at radius 3 is 2.73 bits per heavy atom. The molecule has 5 heteroatoms. The van der Waals surface area contributed by atoms with Crippen LogP contribution in [-0.4, -0.2) is 18.3 Å². The van der Waals surface area contributed by atoms with E-state index in [1.807, 2.05) is 12.1 Å². The van der Waals surface area contributed by atoms with E-state index < -0.39 is 0 Å². The molecule has 0 spiro atoms. The molecule has 1 N–H and O–H groups in total. The summed E-state index contributed by atoms with van der Waals surface area (Å²) in [6.45, 7) is 0.602. The van der Waals surface area contributed by atoms with Crippen LogP contribution in [0.4, 0.5) is 0 Å². The van der Waals surface area contributed by atoms with E-state index in [-0.39, 0.29) is 5.91 Å². The standard InChI is InChI=1S/C10H10Br2ClNO/c11-7-2-3-8(9(12)6-7)10(15)14-5-1-4-13/h2-3,6H,1,4-5H2,(H,14,15). The molecule has 0 atom stereocenters. The Hall–Kier alpha value is -0.0600. The van der Waals surface area contributed by atoms with Crippen LogP contribution in [0.25, 0.3) is 0 Å². The van der Waals surface area contributed by atoms with E-state index >= 15 is 0 Å². The topological polar surface area (TPSA) is 29.1 Å². The Labute approximate surface area is 111 Å². The first-order valence-electron chi connectivity index (χ1n) is 4.44. The second kappa shape index (κ2) is 6.51. The minimum atomic E-state index is -0.0838. The number of hydrogen-bond acceptors (Lipinski definition) is 1. The highest BCUT2D eigenvalue weighted by Gasteiger charge is 2.08. The number of nitrogens with one attached hydrogen (secondary N) is 1. The smallest absolute Gasteiger partial charge is 0.252 e. The van der Waals surface area contributed by atoms with Crippen LogP contribution in [-0.2, 0) is 0 Å². The minimum absolute atomic E-state index is 0.0838. The Kier molecular flexibility index (Phi) is 5.64. The lowest BCUT2D eigenvalue weighted by Crippen LogP contribution is -2.24. The molecule has 0 heterocycles. The van der Waals surface area contributed by atoms with Crippen molar-refractivity contribution in [2.75, 3.05) is 12.4 Å². The van der Waals surface area contributed by atoms with Crippen molar-refractivity contribution in [3.8, 4) is 0 Å². The van der Waals surface area contributed by atoms with Crippen molar-refractivity contribution < 1.29 is 4.79 Å². The molecule has 0 saturated carbocycles. The monoisotopic (exact) mass is 353 g/mol. The van der Waals surface area contributed by atoms with Crippen LogP contribution in [0.1, 0.15) is 16.8 Å². The van der Waals surface area contributed by atoms with Crippen molar-refractivity contribution in [3.05, 3.63) is 32.7 Å². The van der Waals surface area contributed by atoms with Gasteiger partial charge in [-0.25, -0.2) is 0 Å². The van der Waals surface area contributed by atoms with Gasteiger partial charge in [-0.1, -0.05) is 15.9 Å². The summed E-state index contributed by atoms with van der Waals surface area (Å²) in [4.78, 5) is 11.7. The van der Waals surface area contributed by atoms with Crippen LogP contribution >= 0.6 is 43.5 Å². The molecule has 0 aliphatic carbocycles. The van der Waals surface area contributed by atoms with Gasteiger partial charge in [0, 0.05) is 21.4 Å². The van der Waals surface area contributed by atoms with Gasteiger partial charge in [0.15, 0.2) is 0 Å². The van der Waals surface area contributed by atoms with E-state index in [1.165, 1.54) is 0 Å². The lowest BCUT2D eigenvalue weighted by Gasteiger charge is -2.06. The molecule has 0 bridgehead atoms. The molecule has 0 unspecified atom stereocenters. The number of amides is 1. The van der Waals surface area contributed by atoms with Gasteiger partial charge in [-0.05, 0) is 40.5 Å². The summed E-state index contributed by atoms with van der Waals surface area (Å²) in [5, 5.41) is 2.79. The van der Waals surface area contributed by atoms with Gasteiger partial charge < -0.3 is 5.32 Å². The Morgan fingerprint density at radius 1 is 1.40 bits per heavy atom. The maximum absolute atomic E-state index is 11.7. The van der Waals surface area contributed by atoms with Gasteiger partial charge in [0.1, 0.15) is 0 Å². The summed E-state index contributed by atoms with van der Waals surface area (Å²) in [6.07, 6.45) is 0.779. The number of halogens is 3. The summed E-state index contributed by atoms with van der Waals surface area (Å²) in [5.41, 5.74) is 0.632. The quantitative estimate of drug-likeness (QED) is 0.649. The third-order valence-electron chi connectivity index (χ3n) is 1.77. The van der Waals surface area contributed by atoms with E-state index in [9.17, 15) is 4.79 Å². The van der Waals surface area contributed by atoms with Crippen molar-refractivity contribution in [2.45, 2.75) is 6.42 Å². The average Bonchev–Trinajstić information content (AvgIpc) is 2.17. The van der Waals surface area contributed by atoms with Crippen molar-refractivity contribution in [1.82, 2.24) is 5.32 Å². The van der Waals surface area contributed by atoms with Crippen LogP contribution in [0, 0.1) is 0 Å². The summed E-state index contributed by atoms with van der Waals surface area (Å²) in [5.74, 6) is 0.474. The molecule has 0 aromatic heterocycles. The van der Waals surface area contributed by atoms with Crippen LogP contribution in [0.5, 0.6) is 0 Å². The van der Waals surface area contributed by atoms with Gasteiger partial charge >= 0.3 is 0 Å². The first-order chi connectivity index (χ1) is 7.15. The molecule has 82 valence electrons. The first-order valence-corrected chi connectivity index (χ1v) is 6.56. The highest BCUT2D eigenvalue weighted by Crippen LogP contribution is 2.21. The maximum Gasteiger partial charge on any atom is 0.252 e. The van der Waals surface area contributed by atoms with Crippen LogP contribution in [0.2, 0.25) is 0 Å². The molecule has 15 heavy (non-hydrogen) atoms. The third-order valence-corrected chi connectivity index (χ3v) is 3.19. The minimum Gasteiger partial charge on any atom is -0.352 e. The molecule has 2 nitrogen and oxygen atoms in total. The zero-order valence-corrected chi connectivity index (χ0v) is 11.8. The van der Waals surface area contributed by atoms with E-state index in [0.717, 1.165) is 15.4 Å². The van der Waals surface area contributed by atoms with Gasteiger partial charge in [0.2, 0.25) is 0 Å². The normalized spacial score (nSPS) is 10.1. The highest BCUT2D eigenvalue weighted by molar-refractivity contribution is 9.11. The van der Waals surface area contributed by atoms with Crippen LogP contribution in [0.15, 0.2) is 27.1 Å². The van der Waals surface area contributed by atoms with Gasteiger partial charge in [0.05, 0.1) is 5.56 Å². The number of hydrogen-bond donors (Lipinski definition) is 1. The summed E-state index contributed by atoms with van der Waals surface area (Å²) in [6, 6.07) is 5.45. The van der Waals surface area contributed by atoms with E-state index in [0.29, 0.717) is 18.0 Å². The molecule has 0 fully saturated rings. The van der Waals surface area contributed by atoms with Crippen molar-refractivity contribution in [1.29, 1.82) is 0 Å². The Bertz CT molecular complexity index is 357. The largest absolute Gasteiger partial charge is 0.352 e. The van der Waals surface area contributed by atoms with Crippen molar-refractivity contribution >= 4 is 49.4 Å². The number of carbonyl (C=O) groups is 1. The van der Waals surface area contributed by atoms with Crippen LogP contribution < -0.4 is 5.32 Å². The summed E-state index contributed by atoms with van der Waals surface area (Å²) >= 11 is 12.2. The maximum atomic E-state index is 11.7.